The van der Waals surface area contributed by atoms with Crippen LogP contribution in [0.15, 0.2) is 34.0 Å². The summed E-state index contributed by atoms with van der Waals surface area (Å²) < 4.78 is 15.5. The lowest BCUT2D eigenvalue weighted by molar-refractivity contribution is 0.103. The van der Waals surface area contributed by atoms with Gasteiger partial charge in [-0.2, -0.15) is 0 Å². The molecule has 0 atom stereocenters. The number of hydrogen-bond acceptors (Lipinski definition) is 3. The molecular weight excluding hydrogens is 287 g/mol. The van der Waals surface area contributed by atoms with Crippen LogP contribution in [0.2, 0.25) is 5.02 Å². The van der Waals surface area contributed by atoms with Crippen LogP contribution in [-0.4, -0.2) is 14.9 Å². The predicted molar refractivity (Wildman–Crippen MR) is 71.8 cm³/mol. The molecule has 104 valence electrons. The molecule has 0 unspecified atom stereocenters. The molecule has 0 bridgehead atoms. The van der Waals surface area contributed by atoms with Crippen LogP contribution in [-0.2, 0) is 14.1 Å². The normalized spacial score (nSPS) is 10.6. The molecule has 20 heavy (non-hydrogen) atoms. The summed E-state index contributed by atoms with van der Waals surface area (Å²) >= 11 is 5.72. The second kappa shape index (κ2) is 5.05. The van der Waals surface area contributed by atoms with Crippen molar-refractivity contribution in [1.29, 1.82) is 0 Å². The van der Waals surface area contributed by atoms with E-state index in [0.717, 1.165) is 27.5 Å². The average Bonchev–Trinajstić information content (AvgIpc) is 2.42. The van der Waals surface area contributed by atoms with Crippen molar-refractivity contribution in [3.05, 3.63) is 67.2 Å². The van der Waals surface area contributed by atoms with Crippen LogP contribution >= 0.6 is 11.6 Å². The SMILES string of the molecule is Cn1cc(C(=O)c2cc(Cl)ccc2F)c(=O)n(C)c1=O. The van der Waals surface area contributed by atoms with Gasteiger partial charge in [-0.15, -0.1) is 0 Å². The maximum absolute atomic E-state index is 13.7. The Kier molecular flexibility index (Phi) is 3.59. The maximum Gasteiger partial charge on any atom is 0.330 e. The molecule has 1 aromatic heterocycles. The Bertz CT molecular complexity index is 823. The zero-order valence-corrected chi connectivity index (χ0v) is 11.4. The van der Waals surface area contributed by atoms with E-state index in [9.17, 15) is 18.8 Å². The van der Waals surface area contributed by atoms with Crippen LogP contribution in [0, 0.1) is 5.82 Å². The number of benzene rings is 1. The summed E-state index contributed by atoms with van der Waals surface area (Å²) in [5.41, 5.74) is -1.96. The molecule has 0 N–H and O–H groups in total. The molecule has 0 spiro atoms. The highest BCUT2D eigenvalue weighted by molar-refractivity contribution is 6.31. The molecule has 2 aromatic rings. The molecule has 0 aliphatic carbocycles. The number of halogens is 2. The maximum atomic E-state index is 13.7. The highest BCUT2D eigenvalue weighted by Crippen LogP contribution is 2.17. The van der Waals surface area contributed by atoms with Gasteiger partial charge in [-0.1, -0.05) is 11.6 Å². The molecule has 0 aliphatic rings. The standard InChI is InChI=1S/C13H10ClFN2O3/c1-16-6-9(12(19)17(2)13(16)20)11(18)8-5-7(14)3-4-10(8)15/h3-6H,1-2H3. The first-order valence-corrected chi connectivity index (χ1v) is 5.97. The Morgan fingerprint density at radius 1 is 1.20 bits per heavy atom. The largest absolute Gasteiger partial charge is 0.330 e. The lowest BCUT2D eigenvalue weighted by atomic mass is 10.1. The summed E-state index contributed by atoms with van der Waals surface area (Å²) in [6.07, 6.45) is 1.09. The zero-order chi connectivity index (χ0) is 15.0. The van der Waals surface area contributed by atoms with Crippen LogP contribution in [0.5, 0.6) is 0 Å². The number of nitrogens with zero attached hydrogens (tertiary/aromatic N) is 2. The van der Waals surface area contributed by atoms with E-state index in [1.807, 2.05) is 0 Å². The second-order valence-corrected chi connectivity index (χ2v) is 4.69. The van der Waals surface area contributed by atoms with Gasteiger partial charge in [0.15, 0.2) is 0 Å². The molecule has 1 heterocycles. The molecule has 0 fully saturated rings. The number of rotatable bonds is 2. The molecular formula is C13H10ClFN2O3. The van der Waals surface area contributed by atoms with Crippen molar-refractivity contribution in [3.8, 4) is 0 Å². The van der Waals surface area contributed by atoms with Crippen molar-refractivity contribution in [2.75, 3.05) is 0 Å². The number of ketones is 1. The minimum absolute atomic E-state index is 0.177. The van der Waals surface area contributed by atoms with E-state index in [1.54, 1.807) is 0 Å². The van der Waals surface area contributed by atoms with Crippen molar-refractivity contribution in [2.45, 2.75) is 0 Å². The van der Waals surface area contributed by atoms with E-state index in [0.29, 0.717) is 0 Å². The van der Waals surface area contributed by atoms with Gasteiger partial charge < -0.3 is 4.57 Å². The van der Waals surface area contributed by atoms with E-state index in [-0.39, 0.29) is 16.1 Å². The Hall–Kier alpha value is -2.21. The third kappa shape index (κ3) is 2.30. The van der Waals surface area contributed by atoms with Crippen LogP contribution in [0.3, 0.4) is 0 Å². The fourth-order valence-electron chi connectivity index (χ4n) is 1.78. The minimum Gasteiger partial charge on any atom is -0.303 e. The first kappa shape index (κ1) is 14.2. The van der Waals surface area contributed by atoms with Crippen molar-refractivity contribution in [1.82, 2.24) is 9.13 Å². The second-order valence-electron chi connectivity index (χ2n) is 4.25. The van der Waals surface area contributed by atoms with Gasteiger partial charge in [0, 0.05) is 25.3 Å². The number of aromatic nitrogens is 2. The summed E-state index contributed by atoms with van der Waals surface area (Å²) in [6.45, 7) is 0. The highest BCUT2D eigenvalue weighted by atomic mass is 35.5. The predicted octanol–water partition coefficient (Wildman–Crippen LogP) is 1.11. The lowest BCUT2D eigenvalue weighted by Crippen LogP contribution is -2.39. The van der Waals surface area contributed by atoms with E-state index >= 15 is 0 Å². The molecule has 0 saturated heterocycles. The summed E-state index contributed by atoms with van der Waals surface area (Å²) in [6, 6.07) is 3.48. The molecule has 0 amide bonds. The molecule has 0 aliphatic heterocycles. The van der Waals surface area contributed by atoms with Crippen molar-refractivity contribution >= 4 is 17.4 Å². The van der Waals surface area contributed by atoms with E-state index < -0.39 is 22.8 Å². The summed E-state index contributed by atoms with van der Waals surface area (Å²) in [5.74, 6) is -1.60. The molecule has 0 radical (unpaired) electrons. The third-order valence-electron chi connectivity index (χ3n) is 2.86. The van der Waals surface area contributed by atoms with Gasteiger partial charge in [0.25, 0.3) is 5.56 Å². The number of hydrogen-bond donors (Lipinski definition) is 0. The smallest absolute Gasteiger partial charge is 0.303 e. The molecule has 2 rings (SSSR count). The Morgan fingerprint density at radius 2 is 1.85 bits per heavy atom. The van der Waals surface area contributed by atoms with Crippen molar-refractivity contribution in [2.24, 2.45) is 14.1 Å². The fraction of sp³-hybridized carbons (Fsp3) is 0.154. The molecule has 5 nitrogen and oxygen atoms in total. The van der Waals surface area contributed by atoms with E-state index in [2.05, 4.69) is 0 Å². The van der Waals surface area contributed by atoms with Gasteiger partial charge in [-0.25, -0.2) is 9.18 Å². The highest BCUT2D eigenvalue weighted by Gasteiger charge is 2.19. The van der Waals surface area contributed by atoms with Gasteiger partial charge in [0.2, 0.25) is 5.78 Å². The monoisotopic (exact) mass is 296 g/mol. The van der Waals surface area contributed by atoms with E-state index in [1.165, 1.54) is 20.2 Å². The minimum atomic E-state index is -0.818. The topological polar surface area (TPSA) is 61.1 Å². The average molecular weight is 297 g/mol. The van der Waals surface area contributed by atoms with E-state index in [4.69, 9.17) is 11.6 Å². The zero-order valence-electron chi connectivity index (χ0n) is 10.7. The molecule has 7 heteroatoms. The van der Waals surface area contributed by atoms with Gasteiger partial charge in [-0.3, -0.25) is 14.2 Å². The molecule has 0 saturated carbocycles. The van der Waals surface area contributed by atoms with Gasteiger partial charge in [-0.05, 0) is 18.2 Å². The summed E-state index contributed by atoms with van der Waals surface area (Å²) in [5, 5.41) is 0.177. The number of aryl methyl sites for hydroxylation is 1. The summed E-state index contributed by atoms with van der Waals surface area (Å²) in [4.78, 5) is 35.7. The molecule has 1 aromatic carbocycles. The first-order chi connectivity index (χ1) is 9.32. The van der Waals surface area contributed by atoms with Gasteiger partial charge >= 0.3 is 5.69 Å². The number of carbonyl (C=O) groups is 1. The van der Waals surface area contributed by atoms with Crippen LogP contribution in [0.4, 0.5) is 4.39 Å². The number of carbonyl (C=O) groups excluding carboxylic acids is 1. The van der Waals surface area contributed by atoms with Crippen LogP contribution in [0.25, 0.3) is 0 Å². The quantitative estimate of drug-likeness (QED) is 0.780. The Labute approximate surface area is 117 Å². The van der Waals surface area contributed by atoms with Gasteiger partial charge in [0.05, 0.1) is 5.56 Å². The first-order valence-electron chi connectivity index (χ1n) is 5.59. The van der Waals surface area contributed by atoms with Crippen molar-refractivity contribution < 1.29 is 9.18 Å². The van der Waals surface area contributed by atoms with Gasteiger partial charge in [0.1, 0.15) is 11.4 Å². The fourth-order valence-corrected chi connectivity index (χ4v) is 1.95. The lowest BCUT2D eigenvalue weighted by Gasteiger charge is -2.07. The van der Waals surface area contributed by atoms with Crippen LogP contribution < -0.4 is 11.2 Å². The third-order valence-corrected chi connectivity index (χ3v) is 3.10. The Morgan fingerprint density at radius 3 is 2.50 bits per heavy atom. The van der Waals surface area contributed by atoms with Crippen LogP contribution in [0.1, 0.15) is 15.9 Å². The van der Waals surface area contributed by atoms with Crippen molar-refractivity contribution in [3.63, 3.8) is 0 Å². The Balaban J connectivity index is 2.69. The summed E-state index contributed by atoms with van der Waals surface area (Å²) in [7, 11) is 2.64.